The van der Waals surface area contributed by atoms with E-state index in [1.54, 1.807) is 0 Å². The van der Waals surface area contributed by atoms with Gasteiger partial charge in [-0.15, -0.1) is 0 Å². The fourth-order valence-corrected chi connectivity index (χ4v) is 6.77. The summed E-state index contributed by atoms with van der Waals surface area (Å²) in [5.41, 5.74) is 0. The summed E-state index contributed by atoms with van der Waals surface area (Å²) in [5, 5.41) is 23.6. The third-order valence-corrected chi connectivity index (χ3v) is 10.3. The number of nitrogens with one attached hydrogen (secondary N) is 1. The number of aliphatic hydroxyl groups is 2. The molecule has 0 bridgehead atoms. The highest BCUT2D eigenvalue weighted by Gasteiger charge is 2.24. The molecule has 3 unspecified atom stereocenters. The van der Waals surface area contributed by atoms with Gasteiger partial charge in [0.1, 0.15) is 6.10 Å². The number of allylic oxidation sites excluding steroid dienone is 10. The average molecular weight is 784 g/mol. The maximum absolute atomic E-state index is 13.1. The molecule has 324 valence electrons. The summed E-state index contributed by atoms with van der Waals surface area (Å²) in [5.74, 6) is -0.542. The molecule has 0 radical (unpaired) electrons. The summed E-state index contributed by atoms with van der Waals surface area (Å²) in [7, 11) is 0. The Hall–Kier alpha value is -2.44. The van der Waals surface area contributed by atoms with Crippen molar-refractivity contribution < 1.29 is 24.5 Å². The van der Waals surface area contributed by atoms with Crippen molar-refractivity contribution in [2.75, 3.05) is 6.61 Å². The molecule has 3 N–H and O–H groups in total. The molecule has 0 spiro atoms. The van der Waals surface area contributed by atoms with Gasteiger partial charge in [-0.1, -0.05) is 184 Å². The predicted molar refractivity (Wildman–Crippen MR) is 241 cm³/mol. The quantitative estimate of drug-likeness (QED) is 0.0326. The van der Waals surface area contributed by atoms with Crippen molar-refractivity contribution in [2.45, 2.75) is 238 Å². The number of amides is 1. The van der Waals surface area contributed by atoms with Crippen molar-refractivity contribution in [1.29, 1.82) is 0 Å². The van der Waals surface area contributed by atoms with E-state index < -0.39 is 18.2 Å². The van der Waals surface area contributed by atoms with Crippen LogP contribution in [0.5, 0.6) is 0 Å². The first-order chi connectivity index (χ1) is 27.5. The van der Waals surface area contributed by atoms with Crippen LogP contribution < -0.4 is 5.32 Å². The number of hydrogen-bond donors (Lipinski definition) is 3. The van der Waals surface area contributed by atoms with Crippen molar-refractivity contribution in [3.8, 4) is 0 Å². The van der Waals surface area contributed by atoms with E-state index >= 15 is 0 Å². The summed E-state index contributed by atoms with van der Waals surface area (Å²) in [6, 6.07) is -0.720. The molecule has 0 heterocycles. The fraction of sp³-hybridized carbons (Fsp3) is 0.760. The fourth-order valence-electron chi connectivity index (χ4n) is 6.77. The lowest BCUT2D eigenvalue weighted by molar-refractivity contribution is -0.151. The molecule has 6 heteroatoms. The van der Waals surface area contributed by atoms with E-state index in [9.17, 15) is 19.8 Å². The smallest absolute Gasteiger partial charge is 0.306 e. The van der Waals surface area contributed by atoms with Gasteiger partial charge < -0.3 is 20.3 Å². The molecule has 3 atom stereocenters. The molecule has 0 aliphatic rings. The molecule has 0 aliphatic heterocycles. The summed E-state index contributed by atoms with van der Waals surface area (Å²) in [6.45, 7) is 6.30. The molecular formula is C50H89NO5. The van der Waals surface area contributed by atoms with E-state index in [1.807, 2.05) is 0 Å². The average Bonchev–Trinajstić information content (AvgIpc) is 3.19. The Morgan fingerprint density at radius 1 is 0.536 bits per heavy atom. The Balaban J connectivity index is 4.72. The highest BCUT2D eigenvalue weighted by molar-refractivity contribution is 5.77. The number of carbonyl (C=O) groups excluding carboxylic acids is 2. The highest BCUT2D eigenvalue weighted by Crippen LogP contribution is 2.16. The van der Waals surface area contributed by atoms with Crippen LogP contribution in [0, 0.1) is 0 Å². The lowest BCUT2D eigenvalue weighted by atomic mass is 10.0. The topological polar surface area (TPSA) is 95.9 Å². The standard InChI is InChI=1S/C50H89NO5/c1-4-7-10-13-16-19-22-24-25-27-29-32-35-38-41-46(56-50(55)43-40-37-34-31-28-23-20-17-14-11-8-5-2)44-49(54)51-47(45-52)48(53)42-39-36-33-30-26-21-18-15-12-9-6-3/h7,10,16-17,19-20,24-25,29,32,46-48,52-53H,4-6,8-9,11-15,18,21-23,26-28,30-31,33-45H2,1-3H3,(H,51,54)/b10-7+,19-16+,20-17-,25-24+,32-29+. The maximum atomic E-state index is 13.1. The molecule has 1 amide bonds. The van der Waals surface area contributed by atoms with Crippen LogP contribution >= 0.6 is 0 Å². The summed E-state index contributed by atoms with van der Waals surface area (Å²) in [6.07, 6.45) is 52.8. The van der Waals surface area contributed by atoms with Gasteiger partial charge in [0.2, 0.25) is 5.91 Å². The Labute approximate surface area is 346 Å². The van der Waals surface area contributed by atoms with Crippen LogP contribution in [-0.2, 0) is 14.3 Å². The third-order valence-electron chi connectivity index (χ3n) is 10.3. The summed E-state index contributed by atoms with van der Waals surface area (Å²) >= 11 is 0. The van der Waals surface area contributed by atoms with Gasteiger partial charge in [0.05, 0.1) is 25.2 Å². The van der Waals surface area contributed by atoms with Crippen LogP contribution in [0.1, 0.15) is 220 Å². The van der Waals surface area contributed by atoms with Crippen molar-refractivity contribution in [3.63, 3.8) is 0 Å². The number of unbranched alkanes of at least 4 members (excludes halogenated alkanes) is 19. The molecule has 6 nitrogen and oxygen atoms in total. The van der Waals surface area contributed by atoms with Gasteiger partial charge in [0, 0.05) is 6.42 Å². The van der Waals surface area contributed by atoms with Crippen LogP contribution in [0.2, 0.25) is 0 Å². The van der Waals surface area contributed by atoms with Crippen molar-refractivity contribution in [2.24, 2.45) is 0 Å². The number of rotatable bonds is 41. The zero-order valence-electron chi connectivity index (χ0n) is 36.8. The lowest BCUT2D eigenvalue weighted by Gasteiger charge is -2.24. The van der Waals surface area contributed by atoms with Crippen LogP contribution in [0.15, 0.2) is 60.8 Å². The Morgan fingerprint density at radius 3 is 1.55 bits per heavy atom. The number of esters is 1. The van der Waals surface area contributed by atoms with E-state index in [4.69, 9.17) is 4.74 Å². The Bertz CT molecular complexity index is 1010. The molecule has 0 aliphatic carbocycles. The maximum Gasteiger partial charge on any atom is 0.306 e. The monoisotopic (exact) mass is 784 g/mol. The van der Waals surface area contributed by atoms with Gasteiger partial charge in [-0.25, -0.2) is 0 Å². The van der Waals surface area contributed by atoms with Gasteiger partial charge >= 0.3 is 5.97 Å². The Morgan fingerprint density at radius 2 is 0.982 bits per heavy atom. The molecule has 0 aromatic carbocycles. The van der Waals surface area contributed by atoms with Crippen LogP contribution in [0.25, 0.3) is 0 Å². The molecule has 0 rings (SSSR count). The van der Waals surface area contributed by atoms with Crippen molar-refractivity contribution >= 4 is 11.9 Å². The molecule has 0 saturated carbocycles. The van der Waals surface area contributed by atoms with E-state index in [0.29, 0.717) is 19.3 Å². The number of ether oxygens (including phenoxy) is 1. The van der Waals surface area contributed by atoms with Crippen LogP contribution in [0.3, 0.4) is 0 Å². The first-order valence-electron chi connectivity index (χ1n) is 23.5. The highest BCUT2D eigenvalue weighted by atomic mass is 16.5. The molecular weight excluding hydrogens is 695 g/mol. The molecule has 0 fully saturated rings. The number of aliphatic hydroxyl groups excluding tert-OH is 2. The van der Waals surface area contributed by atoms with Gasteiger partial charge in [-0.05, 0) is 83.5 Å². The third kappa shape index (κ3) is 38.4. The second-order valence-electron chi connectivity index (χ2n) is 15.8. The van der Waals surface area contributed by atoms with E-state index in [-0.39, 0.29) is 24.9 Å². The normalized spacial score (nSPS) is 13.9. The molecule has 0 saturated heterocycles. The zero-order chi connectivity index (χ0) is 41.0. The first-order valence-corrected chi connectivity index (χ1v) is 23.5. The summed E-state index contributed by atoms with van der Waals surface area (Å²) in [4.78, 5) is 26.0. The van der Waals surface area contributed by atoms with Crippen molar-refractivity contribution in [3.05, 3.63) is 60.8 Å². The minimum atomic E-state index is -0.802. The van der Waals surface area contributed by atoms with E-state index in [1.165, 1.54) is 89.9 Å². The van der Waals surface area contributed by atoms with Gasteiger partial charge in [-0.2, -0.15) is 0 Å². The summed E-state index contributed by atoms with van der Waals surface area (Å²) < 4.78 is 5.87. The minimum absolute atomic E-state index is 0.0353. The SMILES string of the molecule is CC/C=C/C/C=C/C/C=C/C/C=C/CCCC(CC(=O)NC(CO)C(O)CCCCCCCCCCCCC)OC(=O)CCCCCCC/C=C\CCCCC. The van der Waals surface area contributed by atoms with Gasteiger partial charge in [-0.3, -0.25) is 9.59 Å². The largest absolute Gasteiger partial charge is 0.462 e. The Kier molecular flexibility index (Phi) is 41.8. The van der Waals surface area contributed by atoms with Crippen LogP contribution in [0.4, 0.5) is 0 Å². The number of carbonyl (C=O) groups is 2. The minimum Gasteiger partial charge on any atom is -0.462 e. The number of hydrogen-bond acceptors (Lipinski definition) is 5. The first kappa shape index (κ1) is 53.6. The predicted octanol–water partition coefficient (Wildman–Crippen LogP) is 13.7. The van der Waals surface area contributed by atoms with Crippen molar-refractivity contribution in [1.82, 2.24) is 5.32 Å². The van der Waals surface area contributed by atoms with E-state index in [2.05, 4.69) is 86.8 Å². The second-order valence-corrected chi connectivity index (χ2v) is 15.8. The van der Waals surface area contributed by atoms with Gasteiger partial charge in [0.15, 0.2) is 0 Å². The van der Waals surface area contributed by atoms with Crippen LogP contribution in [-0.4, -0.2) is 46.9 Å². The molecule has 0 aromatic rings. The van der Waals surface area contributed by atoms with Gasteiger partial charge in [0.25, 0.3) is 0 Å². The lowest BCUT2D eigenvalue weighted by Crippen LogP contribution is -2.46. The molecule has 0 aromatic heterocycles. The second kappa shape index (κ2) is 43.7. The van der Waals surface area contributed by atoms with E-state index in [0.717, 1.165) is 83.5 Å². The zero-order valence-corrected chi connectivity index (χ0v) is 36.8. The molecule has 56 heavy (non-hydrogen) atoms.